The average molecular weight is 375 g/mol. The molecule has 0 saturated carbocycles. The van der Waals surface area contributed by atoms with Gasteiger partial charge in [0.25, 0.3) is 0 Å². The fourth-order valence-corrected chi connectivity index (χ4v) is 1.76. The van der Waals surface area contributed by atoms with Gasteiger partial charge >= 0.3 is 5.97 Å². The number of ether oxygens (including phenoxy) is 2. The standard InChI is InChI=1S/C12H14Cl3NO6/c13-7-1-8(14)11(16-10(7)15)21-2-9(20)22-6-12(3-17,4-18)5-19/h1,17-19H,2-6H2. The Morgan fingerprint density at radius 3 is 2.27 bits per heavy atom. The summed E-state index contributed by atoms with van der Waals surface area (Å²) in [6, 6.07) is 1.31. The third kappa shape index (κ3) is 5.12. The van der Waals surface area contributed by atoms with Gasteiger partial charge < -0.3 is 24.8 Å². The number of carbonyl (C=O) groups is 1. The van der Waals surface area contributed by atoms with Crippen molar-refractivity contribution in [1.82, 2.24) is 4.98 Å². The van der Waals surface area contributed by atoms with Gasteiger partial charge in [0, 0.05) is 0 Å². The average Bonchev–Trinajstić information content (AvgIpc) is 2.51. The number of rotatable bonds is 8. The maximum atomic E-state index is 11.6. The highest BCUT2D eigenvalue weighted by Crippen LogP contribution is 2.30. The molecule has 1 aromatic rings. The third-order valence-corrected chi connectivity index (χ3v) is 3.67. The predicted molar refractivity (Wildman–Crippen MR) is 79.4 cm³/mol. The van der Waals surface area contributed by atoms with E-state index in [1.165, 1.54) is 6.07 Å². The van der Waals surface area contributed by atoms with E-state index in [-0.39, 0.29) is 27.7 Å². The summed E-state index contributed by atoms with van der Waals surface area (Å²) in [7, 11) is 0. The first-order valence-electron chi connectivity index (χ1n) is 6.00. The maximum absolute atomic E-state index is 11.6. The van der Waals surface area contributed by atoms with Crippen LogP contribution >= 0.6 is 34.8 Å². The van der Waals surface area contributed by atoms with Crippen molar-refractivity contribution < 1.29 is 29.6 Å². The molecule has 0 bridgehead atoms. The molecule has 0 amide bonds. The van der Waals surface area contributed by atoms with Gasteiger partial charge in [-0.05, 0) is 6.07 Å². The summed E-state index contributed by atoms with van der Waals surface area (Å²) in [4.78, 5) is 15.3. The van der Waals surface area contributed by atoms with Crippen molar-refractivity contribution in [3.8, 4) is 5.88 Å². The molecule has 0 fully saturated rings. The van der Waals surface area contributed by atoms with E-state index in [4.69, 9.17) is 59.6 Å². The van der Waals surface area contributed by atoms with Crippen molar-refractivity contribution in [2.45, 2.75) is 0 Å². The molecule has 0 aliphatic carbocycles. The second kappa shape index (κ2) is 8.71. The summed E-state index contributed by atoms with van der Waals surface area (Å²) in [6.45, 7) is -2.54. The quantitative estimate of drug-likeness (QED) is 0.459. The van der Waals surface area contributed by atoms with Gasteiger partial charge in [0.05, 0.1) is 30.3 Å². The van der Waals surface area contributed by atoms with Crippen molar-refractivity contribution in [1.29, 1.82) is 0 Å². The van der Waals surface area contributed by atoms with Gasteiger partial charge in [-0.25, -0.2) is 4.79 Å². The number of hydrogen-bond donors (Lipinski definition) is 3. The van der Waals surface area contributed by atoms with E-state index in [2.05, 4.69) is 4.98 Å². The third-order valence-electron chi connectivity index (χ3n) is 2.73. The van der Waals surface area contributed by atoms with E-state index in [1.807, 2.05) is 0 Å². The molecule has 0 aliphatic rings. The van der Waals surface area contributed by atoms with Gasteiger partial charge in [-0.2, -0.15) is 4.98 Å². The van der Waals surface area contributed by atoms with Crippen molar-refractivity contribution in [3.63, 3.8) is 0 Å². The summed E-state index contributed by atoms with van der Waals surface area (Å²) in [5.74, 6) is -0.894. The Morgan fingerprint density at radius 2 is 1.73 bits per heavy atom. The van der Waals surface area contributed by atoms with Gasteiger partial charge in [-0.15, -0.1) is 0 Å². The molecule has 1 aromatic heterocycles. The number of pyridine rings is 1. The Morgan fingerprint density at radius 1 is 1.14 bits per heavy atom. The Balaban J connectivity index is 2.55. The molecule has 7 nitrogen and oxygen atoms in total. The molecule has 1 heterocycles. The summed E-state index contributed by atoms with van der Waals surface area (Å²) in [6.07, 6.45) is 0. The molecular formula is C12H14Cl3NO6. The number of hydrogen-bond acceptors (Lipinski definition) is 7. The van der Waals surface area contributed by atoms with Crippen LogP contribution in [0.2, 0.25) is 15.2 Å². The van der Waals surface area contributed by atoms with Crippen LogP contribution in [0.25, 0.3) is 0 Å². The zero-order valence-electron chi connectivity index (χ0n) is 11.3. The lowest BCUT2D eigenvalue weighted by Crippen LogP contribution is -2.40. The number of aliphatic hydroxyl groups is 3. The summed E-state index contributed by atoms with van der Waals surface area (Å²) in [5.41, 5.74) is -1.31. The second-order valence-corrected chi connectivity index (χ2v) is 5.64. The molecule has 1 rings (SSSR count). The monoisotopic (exact) mass is 373 g/mol. The summed E-state index contributed by atoms with van der Waals surface area (Å²) in [5, 5.41) is 27.5. The van der Waals surface area contributed by atoms with Crippen LogP contribution in [0.4, 0.5) is 0 Å². The first kappa shape index (κ1) is 19.2. The van der Waals surface area contributed by atoms with Crippen molar-refractivity contribution >= 4 is 40.8 Å². The lowest BCUT2D eigenvalue weighted by molar-refractivity contribution is -0.153. The number of carbonyl (C=O) groups excluding carboxylic acids is 1. The van der Waals surface area contributed by atoms with Crippen LogP contribution in [0.1, 0.15) is 0 Å². The molecule has 0 saturated heterocycles. The SMILES string of the molecule is O=C(COc1nc(Cl)c(Cl)cc1Cl)OCC(CO)(CO)CO. The van der Waals surface area contributed by atoms with E-state index >= 15 is 0 Å². The zero-order valence-corrected chi connectivity index (χ0v) is 13.5. The van der Waals surface area contributed by atoms with Gasteiger partial charge in [-0.1, -0.05) is 34.8 Å². The van der Waals surface area contributed by atoms with Gasteiger partial charge in [0.1, 0.15) is 11.6 Å². The highest BCUT2D eigenvalue weighted by Gasteiger charge is 2.30. The van der Waals surface area contributed by atoms with E-state index in [1.54, 1.807) is 0 Å². The maximum Gasteiger partial charge on any atom is 0.344 e. The molecular weight excluding hydrogens is 360 g/mol. The van der Waals surface area contributed by atoms with Crippen LogP contribution in [-0.2, 0) is 9.53 Å². The fourth-order valence-electron chi connectivity index (χ4n) is 1.22. The Labute approximate surface area is 141 Å². The minimum atomic E-state index is -1.31. The Kier molecular flexibility index (Phi) is 7.61. The molecule has 22 heavy (non-hydrogen) atoms. The predicted octanol–water partition coefficient (Wildman–Crippen LogP) is 0.927. The number of aliphatic hydroxyl groups excluding tert-OH is 3. The normalized spacial score (nSPS) is 11.4. The molecule has 0 aliphatic heterocycles. The molecule has 0 unspecified atom stereocenters. The molecule has 0 aromatic carbocycles. The van der Waals surface area contributed by atoms with E-state index < -0.39 is 37.8 Å². The summed E-state index contributed by atoms with van der Waals surface area (Å²) >= 11 is 17.2. The number of halogens is 3. The van der Waals surface area contributed by atoms with E-state index in [9.17, 15) is 4.79 Å². The van der Waals surface area contributed by atoms with Crippen molar-refractivity contribution in [2.24, 2.45) is 5.41 Å². The van der Waals surface area contributed by atoms with Crippen molar-refractivity contribution in [3.05, 3.63) is 21.3 Å². The van der Waals surface area contributed by atoms with Crippen molar-refractivity contribution in [2.75, 3.05) is 33.0 Å². The minimum Gasteiger partial charge on any atom is -0.465 e. The largest absolute Gasteiger partial charge is 0.465 e. The molecule has 124 valence electrons. The molecule has 3 N–H and O–H groups in total. The molecule has 0 atom stereocenters. The number of aromatic nitrogens is 1. The fraction of sp³-hybridized carbons (Fsp3) is 0.500. The van der Waals surface area contributed by atoms with Crippen LogP contribution in [0, 0.1) is 5.41 Å². The first-order valence-corrected chi connectivity index (χ1v) is 7.13. The minimum absolute atomic E-state index is 0.0331. The smallest absolute Gasteiger partial charge is 0.344 e. The van der Waals surface area contributed by atoms with Crippen LogP contribution < -0.4 is 4.74 Å². The number of nitrogens with zero attached hydrogens (tertiary/aromatic N) is 1. The summed E-state index contributed by atoms with van der Waals surface area (Å²) < 4.78 is 9.87. The Hall–Kier alpha value is -0.830. The molecule has 0 spiro atoms. The number of esters is 1. The molecule has 0 radical (unpaired) electrons. The lowest BCUT2D eigenvalue weighted by atomic mass is 9.93. The second-order valence-electron chi connectivity index (χ2n) is 4.47. The molecule has 10 heteroatoms. The highest BCUT2D eigenvalue weighted by atomic mass is 35.5. The first-order chi connectivity index (χ1) is 10.4. The van der Waals surface area contributed by atoms with Gasteiger partial charge in [0.15, 0.2) is 11.8 Å². The van der Waals surface area contributed by atoms with Gasteiger partial charge in [0.2, 0.25) is 5.88 Å². The lowest BCUT2D eigenvalue weighted by Gasteiger charge is -2.26. The topological polar surface area (TPSA) is 109 Å². The highest BCUT2D eigenvalue weighted by molar-refractivity contribution is 6.42. The van der Waals surface area contributed by atoms with Crippen LogP contribution in [0.5, 0.6) is 5.88 Å². The van der Waals surface area contributed by atoms with Crippen LogP contribution in [0.3, 0.4) is 0 Å². The van der Waals surface area contributed by atoms with Gasteiger partial charge in [-0.3, -0.25) is 0 Å². The van der Waals surface area contributed by atoms with E-state index in [0.717, 1.165) is 0 Å². The Bertz CT molecular complexity index is 516. The van der Waals surface area contributed by atoms with Crippen LogP contribution in [-0.4, -0.2) is 59.3 Å². The zero-order chi connectivity index (χ0) is 16.8. The van der Waals surface area contributed by atoms with Crippen LogP contribution in [0.15, 0.2) is 6.07 Å². The van der Waals surface area contributed by atoms with E-state index in [0.29, 0.717) is 0 Å².